The second kappa shape index (κ2) is 5.44. The van der Waals surface area contributed by atoms with Crippen molar-refractivity contribution in [3.63, 3.8) is 0 Å². The summed E-state index contributed by atoms with van der Waals surface area (Å²) in [4.78, 5) is 10.7. The number of hydrogen-bond donors (Lipinski definition) is 0. The van der Waals surface area contributed by atoms with Crippen molar-refractivity contribution in [2.45, 2.75) is 32.8 Å². The Morgan fingerprint density at radius 2 is 1.93 bits per heavy atom. The summed E-state index contributed by atoms with van der Waals surface area (Å²) in [5.41, 5.74) is -1.05. The van der Waals surface area contributed by atoms with Crippen LogP contribution in [0.3, 0.4) is 0 Å². The van der Waals surface area contributed by atoms with Crippen LogP contribution in [-0.4, -0.2) is 38.2 Å². The quantitative estimate of drug-likeness (QED) is 0.652. The van der Waals surface area contributed by atoms with Crippen LogP contribution >= 0.6 is 0 Å². The second-order valence-electron chi connectivity index (χ2n) is 3.99. The van der Waals surface area contributed by atoms with Gasteiger partial charge in [-0.15, -0.1) is 0 Å². The molecular weight excluding hydrogens is 223 g/mol. The number of ether oxygens (including phenoxy) is 1. The zero-order valence-corrected chi connectivity index (χ0v) is 10.1. The topological polar surface area (TPSA) is 60.4 Å². The average Bonchev–Trinajstić information content (AvgIpc) is 1.95. The summed E-state index contributed by atoms with van der Waals surface area (Å²) in [5, 5.41) is 0. The van der Waals surface area contributed by atoms with Gasteiger partial charge in [-0.3, -0.25) is 9.18 Å². The smallest absolute Gasteiger partial charge is 0.303 e. The second-order valence-corrected chi connectivity index (χ2v) is 6.17. The third kappa shape index (κ3) is 7.30. The molecule has 0 fully saturated rings. The van der Waals surface area contributed by atoms with E-state index in [1.54, 1.807) is 0 Å². The number of carbonyl (C=O) groups excluding carboxylic acids is 1. The van der Waals surface area contributed by atoms with E-state index in [1.807, 2.05) is 0 Å². The first-order chi connectivity index (χ1) is 6.68. The molecule has 0 aliphatic heterocycles. The van der Waals surface area contributed by atoms with Crippen molar-refractivity contribution in [3.05, 3.63) is 0 Å². The van der Waals surface area contributed by atoms with E-state index in [1.165, 1.54) is 20.8 Å². The average molecular weight is 240 g/mol. The van der Waals surface area contributed by atoms with Crippen LogP contribution in [0.25, 0.3) is 0 Å². The number of esters is 1. The Morgan fingerprint density at radius 1 is 1.40 bits per heavy atom. The lowest BCUT2D eigenvalue weighted by molar-refractivity contribution is -0.151. The molecule has 0 spiro atoms. The van der Waals surface area contributed by atoms with Crippen LogP contribution < -0.4 is 0 Å². The van der Waals surface area contributed by atoms with E-state index in [0.717, 1.165) is 0 Å². The summed E-state index contributed by atoms with van der Waals surface area (Å²) in [6.45, 7) is 3.59. The summed E-state index contributed by atoms with van der Waals surface area (Å²) in [5.74, 6) is -1.02. The Kier molecular flexibility index (Phi) is 5.20. The van der Waals surface area contributed by atoms with Crippen molar-refractivity contribution >= 4 is 15.8 Å². The first-order valence-corrected chi connectivity index (χ1v) is 6.47. The molecule has 0 aromatic carbocycles. The Bertz CT molecular complexity index is 308. The van der Waals surface area contributed by atoms with E-state index in [9.17, 15) is 17.6 Å². The van der Waals surface area contributed by atoms with Gasteiger partial charge < -0.3 is 4.74 Å². The van der Waals surface area contributed by atoms with Crippen LogP contribution in [0.4, 0.5) is 4.39 Å². The molecule has 0 N–H and O–H groups in total. The fraction of sp³-hybridized carbons (Fsp3) is 0.889. The number of hydrogen-bond acceptors (Lipinski definition) is 4. The molecule has 4 nitrogen and oxygen atoms in total. The van der Waals surface area contributed by atoms with E-state index in [-0.39, 0.29) is 17.9 Å². The molecule has 0 aliphatic carbocycles. The van der Waals surface area contributed by atoms with Gasteiger partial charge in [-0.25, -0.2) is 8.42 Å². The van der Waals surface area contributed by atoms with Gasteiger partial charge >= 0.3 is 5.97 Å². The fourth-order valence-electron chi connectivity index (χ4n) is 1.29. The maximum absolute atomic E-state index is 11.8. The van der Waals surface area contributed by atoms with Gasteiger partial charge in [-0.2, -0.15) is 0 Å². The molecule has 0 amide bonds. The van der Waals surface area contributed by atoms with Crippen LogP contribution in [0, 0.1) is 0 Å². The van der Waals surface area contributed by atoms with Gasteiger partial charge in [0.05, 0.1) is 18.2 Å². The van der Waals surface area contributed by atoms with Crippen LogP contribution in [0.1, 0.15) is 27.2 Å². The van der Waals surface area contributed by atoms with Crippen molar-refractivity contribution in [2.24, 2.45) is 0 Å². The molecule has 0 saturated carbocycles. The highest BCUT2D eigenvalue weighted by molar-refractivity contribution is 7.91. The monoisotopic (exact) mass is 240 g/mol. The maximum atomic E-state index is 11.8. The number of carbonyl (C=O) groups is 1. The minimum atomic E-state index is -3.36. The molecule has 15 heavy (non-hydrogen) atoms. The molecule has 0 bridgehead atoms. The van der Waals surface area contributed by atoms with Gasteiger partial charge in [0.25, 0.3) is 0 Å². The summed E-state index contributed by atoms with van der Waals surface area (Å²) < 4.78 is 39.5. The maximum Gasteiger partial charge on any atom is 0.303 e. The Hall–Kier alpha value is -0.650. The van der Waals surface area contributed by atoms with Gasteiger partial charge in [0.1, 0.15) is 5.60 Å². The highest BCUT2D eigenvalue weighted by Gasteiger charge is 2.28. The Balaban J connectivity index is 4.37. The lowest BCUT2D eigenvalue weighted by atomic mass is 10.2. The van der Waals surface area contributed by atoms with Gasteiger partial charge in [0, 0.05) is 6.92 Å². The zero-order chi connectivity index (χ0) is 12.1. The van der Waals surface area contributed by atoms with Gasteiger partial charge in [0.2, 0.25) is 0 Å². The minimum absolute atomic E-state index is 0.0154. The van der Waals surface area contributed by atoms with E-state index in [4.69, 9.17) is 4.74 Å². The Labute approximate surface area is 89.7 Å². The Morgan fingerprint density at radius 3 is 2.33 bits per heavy atom. The van der Waals surface area contributed by atoms with E-state index < -0.39 is 28.1 Å². The normalized spacial score (nSPS) is 12.5. The predicted octanol–water partition coefficient (Wildman–Crippen LogP) is 1.10. The summed E-state index contributed by atoms with van der Waals surface area (Å²) in [7, 11) is -3.36. The summed E-state index contributed by atoms with van der Waals surface area (Å²) in [6, 6.07) is 0. The van der Waals surface area contributed by atoms with Gasteiger partial charge in [-0.05, 0) is 20.3 Å². The first kappa shape index (κ1) is 14.3. The van der Waals surface area contributed by atoms with Crippen LogP contribution in [0.5, 0.6) is 0 Å². The predicted molar refractivity (Wildman–Crippen MR) is 55.1 cm³/mol. The molecule has 0 rings (SSSR count). The standard InChI is InChI=1S/C9H17FO4S/c1-8(11)14-9(2,3)7-15(12,13)6-4-5-10/h4-7H2,1-3H3. The molecule has 0 aromatic heterocycles. The van der Waals surface area contributed by atoms with E-state index >= 15 is 0 Å². The number of halogens is 1. The third-order valence-electron chi connectivity index (χ3n) is 1.58. The highest BCUT2D eigenvalue weighted by atomic mass is 32.2. The van der Waals surface area contributed by atoms with Crippen molar-refractivity contribution < 1.29 is 22.3 Å². The first-order valence-electron chi connectivity index (χ1n) is 4.64. The lowest BCUT2D eigenvalue weighted by Crippen LogP contribution is -2.36. The molecular formula is C9H17FO4S. The van der Waals surface area contributed by atoms with Gasteiger partial charge in [0.15, 0.2) is 9.84 Å². The van der Waals surface area contributed by atoms with Crippen molar-refractivity contribution in [1.29, 1.82) is 0 Å². The van der Waals surface area contributed by atoms with Crippen molar-refractivity contribution in [2.75, 3.05) is 18.2 Å². The molecule has 0 heterocycles. The molecule has 0 aliphatic rings. The zero-order valence-electron chi connectivity index (χ0n) is 9.25. The van der Waals surface area contributed by atoms with Crippen LogP contribution in [0.2, 0.25) is 0 Å². The SMILES string of the molecule is CC(=O)OC(C)(C)CS(=O)(=O)CCCF. The largest absolute Gasteiger partial charge is 0.459 e. The summed E-state index contributed by atoms with van der Waals surface area (Å²) >= 11 is 0. The van der Waals surface area contributed by atoms with Crippen LogP contribution in [0.15, 0.2) is 0 Å². The van der Waals surface area contributed by atoms with E-state index in [0.29, 0.717) is 0 Å². The number of alkyl halides is 1. The molecule has 0 atom stereocenters. The molecule has 90 valence electrons. The molecule has 0 unspecified atom stereocenters. The van der Waals surface area contributed by atoms with Crippen molar-refractivity contribution in [1.82, 2.24) is 0 Å². The number of rotatable bonds is 6. The minimum Gasteiger partial charge on any atom is -0.459 e. The summed E-state index contributed by atoms with van der Waals surface area (Å²) in [6.07, 6.45) is -0.0154. The molecule has 0 saturated heterocycles. The third-order valence-corrected chi connectivity index (χ3v) is 3.62. The van der Waals surface area contributed by atoms with Gasteiger partial charge in [-0.1, -0.05) is 0 Å². The molecule has 6 heteroatoms. The fourth-order valence-corrected chi connectivity index (χ4v) is 3.11. The highest BCUT2D eigenvalue weighted by Crippen LogP contribution is 2.14. The molecule has 0 radical (unpaired) electrons. The van der Waals surface area contributed by atoms with Crippen LogP contribution in [-0.2, 0) is 19.4 Å². The lowest BCUT2D eigenvalue weighted by Gasteiger charge is -2.23. The van der Waals surface area contributed by atoms with Crippen molar-refractivity contribution in [3.8, 4) is 0 Å². The van der Waals surface area contributed by atoms with E-state index in [2.05, 4.69) is 0 Å². The molecule has 0 aromatic rings. The number of sulfone groups is 1.